The highest BCUT2D eigenvalue weighted by Crippen LogP contribution is 2.39. The molecule has 6 rings (SSSR count). The first-order valence-corrected chi connectivity index (χ1v) is 20.5. The minimum absolute atomic E-state index is 0. The minimum Gasteiger partial charge on any atom is -0.468 e. The summed E-state index contributed by atoms with van der Waals surface area (Å²) < 4.78 is 11.0. The van der Waals surface area contributed by atoms with Crippen LogP contribution < -0.4 is 26.7 Å². The third-order valence-corrected chi connectivity index (χ3v) is 12.4. The average Bonchev–Trinajstić information content (AvgIpc) is 3.91. The molecule has 314 valence electrons. The molecule has 0 fully saturated rings. The number of hydrogen-bond acceptors (Lipinski definition) is 6. The lowest BCUT2D eigenvalue weighted by atomic mass is 9.88. The van der Waals surface area contributed by atoms with E-state index in [1.807, 2.05) is 19.1 Å². The van der Waals surface area contributed by atoms with E-state index in [1.165, 1.54) is 37.5 Å². The van der Waals surface area contributed by atoms with Gasteiger partial charge in [-0.05, 0) is 111 Å². The van der Waals surface area contributed by atoms with Crippen LogP contribution in [0, 0.1) is 38.5 Å². The Kier molecular flexibility index (Phi) is 15.1. The number of aromatic amines is 3. The average molecular weight is 793 g/mol. The quantitative estimate of drug-likeness (QED) is 0.0766. The van der Waals surface area contributed by atoms with Crippen LogP contribution in [0.3, 0.4) is 0 Å². The van der Waals surface area contributed by atoms with Crippen molar-refractivity contribution in [2.45, 2.75) is 128 Å². The highest BCUT2D eigenvalue weighted by atomic mass is 16.5. The largest absolute Gasteiger partial charge is 0.468 e. The third kappa shape index (κ3) is 8.69. The van der Waals surface area contributed by atoms with Gasteiger partial charge >= 0.3 is 11.9 Å². The van der Waals surface area contributed by atoms with Crippen molar-refractivity contribution in [3.8, 4) is 0 Å². The molecule has 3 aromatic heterocycles. The summed E-state index contributed by atoms with van der Waals surface area (Å²) in [4.78, 5) is 52.0. The second-order valence-corrected chi connectivity index (χ2v) is 16.1. The summed E-state index contributed by atoms with van der Waals surface area (Å²) in [5.74, 6) is -1.69. The summed E-state index contributed by atoms with van der Waals surface area (Å²) in [5, 5.41) is 7.05. The molecule has 0 radical (unpaired) electrons. The fraction of sp³-hybridized carbons (Fsp3) is 0.490. The van der Waals surface area contributed by atoms with Gasteiger partial charge in [-0.25, -0.2) is 0 Å². The molecule has 58 heavy (non-hydrogen) atoms. The molecule has 4 atom stereocenters. The third-order valence-electron chi connectivity index (χ3n) is 12.4. The summed E-state index contributed by atoms with van der Waals surface area (Å²) in [6.45, 7) is 21.4. The lowest BCUT2D eigenvalue weighted by Gasteiger charge is -2.17. The lowest BCUT2D eigenvalue weighted by molar-refractivity contribution is -0.143. The number of H-pyrrole nitrogens is 3. The molecule has 5 heterocycles. The number of aromatic nitrogens is 3. The summed E-state index contributed by atoms with van der Waals surface area (Å²) in [5.41, 5.74) is 11.1. The van der Waals surface area contributed by atoms with Crippen LogP contribution in [0.2, 0.25) is 0 Å². The van der Waals surface area contributed by atoms with Crippen LogP contribution in [0.15, 0.2) is 29.5 Å². The van der Waals surface area contributed by atoms with Crippen LogP contribution in [0.4, 0.5) is 0 Å². The molecule has 0 saturated carbocycles. The zero-order valence-corrected chi connectivity index (χ0v) is 34.8. The molecule has 0 aromatic carbocycles. The molecule has 3 aromatic rings. The lowest BCUT2D eigenvalue weighted by Crippen LogP contribution is -2.32. The molecular weight excluding hydrogens is 725 g/mol. The molecule has 8 bridgehead atoms. The van der Waals surface area contributed by atoms with E-state index in [2.05, 4.69) is 93.5 Å². The van der Waals surface area contributed by atoms with Gasteiger partial charge in [-0.1, -0.05) is 80.0 Å². The van der Waals surface area contributed by atoms with E-state index < -0.39 is 11.9 Å². The molecule has 1 aliphatic carbocycles. The molecule has 3 aliphatic rings. The Balaban J connectivity index is 0.00000372. The molecule has 9 nitrogen and oxygen atoms in total. The number of hydrogen-bond donors (Lipinski definition) is 4. The van der Waals surface area contributed by atoms with Crippen molar-refractivity contribution in [1.82, 2.24) is 20.3 Å². The maximum absolute atomic E-state index is 14.3. The van der Waals surface area contributed by atoms with Crippen molar-refractivity contribution >= 4 is 47.6 Å². The van der Waals surface area contributed by atoms with Crippen molar-refractivity contribution in [2.75, 3.05) is 13.7 Å². The van der Waals surface area contributed by atoms with Gasteiger partial charge < -0.3 is 29.7 Å². The number of rotatable bonds is 14. The van der Waals surface area contributed by atoms with Crippen molar-refractivity contribution in [1.29, 1.82) is 0 Å². The van der Waals surface area contributed by atoms with E-state index in [0.29, 0.717) is 28.6 Å². The Hall–Kier alpha value is -5.05. The summed E-state index contributed by atoms with van der Waals surface area (Å²) in [7, 11) is 1.32. The number of ketones is 1. The molecule has 0 saturated heterocycles. The van der Waals surface area contributed by atoms with Gasteiger partial charge in [0.15, 0.2) is 5.78 Å². The van der Waals surface area contributed by atoms with Crippen LogP contribution in [0.1, 0.15) is 144 Å². The number of fused-ring (bicyclic) bond motifs is 8. The van der Waals surface area contributed by atoms with E-state index in [-0.39, 0.29) is 51.6 Å². The monoisotopic (exact) mass is 793 g/mol. The topological polar surface area (TPSA) is 129 Å². The van der Waals surface area contributed by atoms with Crippen LogP contribution in [0.25, 0.3) is 29.9 Å². The molecule has 0 amide bonds. The number of nitrogens with one attached hydrogen (secondary N) is 4. The van der Waals surface area contributed by atoms with Gasteiger partial charge in [0.05, 0.1) is 18.5 Å². The number of ether oxygens (including phenoxy) is 2. The highest BCUT2D eigenvalue weighted by Gasteiger charge is 2.45. The second-order valence-electron chi connectivity index (χ2n) is 16.1. The van der Waals surface area contributed by atoms with Crippen molar-refractivity contribution in [2.24, 2.45) is 17.8 Å². The summed E-state index contributed by atoms with van der Waals surface area (Å²) in [6, 6.07) is -0.213. The van der Waals surface area contributed by atoms with Gasteiger partial charge in [0, 0.05) is 62.2 Å². The van der Waals surface area contributed by atoms with E-state index in [9.17, 15) is 14.4 Å². The number of Topliss-reactive ketones (excluding diaryl/α,β-unsaturated/α-hetero) is 1. The molecule has 4 N–H and O–H groups in total. The maximum atomic E-state index is 14.3. The number of esters is 2. The second kappa shape index (κ2) is 19.1. The van der Waals surface area contributed by atoms with Gasteiger partial charge in [-0.3, -0.25) is 14.4 Å². The Morgan fingerprint density at radius 2 is 1.67 bits per heavy atom. The first kappa shape index (κ1) is 45.6. The zero-order chi connectivity index (χ0) is 40.4. The molecular formula is C49H68N4O5. The molecule has 1 unspecified atom stereocenters. The maximum Gasteiger partial charge on any atom is 0.321 e. The van der Waals surface area contributed by atoms with Gasteiger partial charge in [-0.2, -0.15) is 0 Å². The van der Waals surface area contributed by atoms with Gasteiger partial charge in [0.2, 0.25) is 0 Å². The van der Waals surface area contributed by atoms with E-state index in [0.717, 1.165) is 80.4 Å². The van der Waals surface area contributed by atoms with Crippen LogP contribution in [-0.4, -0.2) is 52.4 Å². The highest BCUT2D eigenvalue weighted by molar-refractivity contribution is 6.20. The molecule has 9 heteroatoms. The normalized spacial score (nSPS) is 20.4. The van der Waals surface area contributed by atoms with Crippen molar-refractivity contribution in [3.05, 3.63) is 95.7 Å². The smallest absolute Gasteiger partial charge is 0.321 e. The van der Waals surface area contributed by atoms with Crippen LogP contribution >= 0.6 is 0 Å². The Bertz CT molecular complexity index is 2380. The van der Waals surface area contributed by atoms with E-state index >= 15 is 0 Å². The Labute approximate surface area is 345 Å². The molecule has 0 spiro atoms. The Morgan fingerprint density at radius 1 is 0.948 bits per heavy atom. The predicted molar refractivity (Wildman–Crippen MR) is 238 cm³/mol. The molecule has 2 aliphatic heterocycles. The Morgan fingerprint density at radius 3 is 2.34 bits per heavy atom. The number of carbonyl (C=O) groups excluding carboxylic acids is 3. The number of methoxy groups -OCH3 is 1. The van der Waals surface area contributed by atoms with E-state index in [1.54, 1.807) is 0 Å². The van der Waals surface area contributed by atoms with E-state index in [4.69, 9.17) is 9.47 Å². The fourth-order valence-electron chi connectivity index (χ4n) is 9.04. The first-order chi connectivity index (χ1) is 26.8. The van der Waals surface area contributed by atoms with Crippen molar-refractivity contribution in [3.63, 3.8) is 0 Å². The van der Waals surface area contributed by atoms with Crippen molar-refractivity contribution < 1.29 is 23.9 Å². The van der Waals surface area contributed by atoms with Gasteiger partial charge in [0.1, 0.15) is 12.5 Å². The van der Waals surface area contributed by atoms with Gasteiger partial charge in [0.25, 0.3) is 0 Å². The number of allylic oxidation sites excluding steroid dienone is 2. The predicted octanol–water partition coefficient (Wildman–Crippen LogP) is 7.40. The number of carbonyl (C=O) groups is 3. The van der Waals surface area contributed by atoms with Crippen LogP contribution in [-0.2, 0) is 25.5 Å². The van der Waals surface area contributed by atoms with Gasteiger partial charge in [-0.15, -0.1) is 0 Å². The van der Waals surface area contributed by atoms with Crippen LogP contribution in [0.5, 0.6) is 0 Å². The standard InChI is InChI=1S/C47H60N4O5.2CH4/c1-11-15-25(4)16-14-17-26(5)20-21-56-40(52)19-18-33-29(8)36-22-34-27(6)31(12-2)38(48-34)23-35-28(7)32(13-3)39(49-35)24-37-30(9)41-45(51-37)42(44(33)50-36)43(46(41)53)47(54)55-10;;/h12,20,22-25,29,36,43,48-51H,2,11,13-19,21H2,1,3-10H3;2*1H4/b26-20+,34-22-,37-24-,38-23-;;/t25-,29+,36?,43-;;/m1../s1. The summed E-state index contributed by atoms with van der Waals surface area (Å²) in [6.07, 6.45) is 17.5. The minimum atomic E-state index is -1.15. The fourth-order valence-corrected chi connectivity index (χ4v) is 9.04. The summed E-state index contributed by atoms with van der Waals surface area (Å²) >= 11 is 0. The SMILES string of the molecule is C.C.C=Cc1c(C)/c2[nH]/c1=C\c1[nH]c(c(CC)c1C)/C=c1\[nH]c3c(c1C)C(=O)[C@H](C(=O)OC)C=3C1=C(CCC(=O)OC/C=C(\C)CCC[C@H](C)CCC)[C@H](C)C(\C=2)N1. The first-order valence-electron chi connectivity index (χ1n) is 20.5. The zero-order valence-electron chi connectivity index (χ0n) is 34.8.